The summed E-state index contributed by atoms with van der Waals surface area (Å²) in [5, 5.41) is -0.259. The van der Waals surface area contributed by atoms with Gasteiger partial charge < -0.3 is 9.64 Å². The molecular weight excluding hydrogens is 428 g/mol. The number of pyridine rings is 2. The van der Waals surface area contributed by atoms with Crippen molar-refractivity contribution in [3.05, 3.63) is 70.4 Å². The molecule has 0 fully saturated rings. The summed E-state index contributed by atoms with van der Waals surface area (Å²) in [4.78, 5) is 23.1. The molecule has 0 saturated heterocycles. The fourth-order valence-electron chi connectivity index (χ4n) is 3.24. The van der Waals surface area contributed by atoms with Crippen LogP contribution in [0.2, 0.25) is 0 Å². The van der Waals surface area contributed by atoms with Crippen LogP contribution in [-0.2, 0) is 10.0 Å². The summed E-state index contributed by atoms with van der Waals surface area (Å²) in [5.74, 6) is 0.201. The molecule has 32 heavy (non-hydrogen) atoms. The number of amides is 1. The largest absolute Gasteiger partial charge is 0.438 e. The van der Waals surface area contributed by atoms with Gasteiger partial charge >= 0.3 is 0 Å². The van der Waals surface area contributed by atoms with Crippen molar-refractivity contribution in [2.24, 2.45) is 0 Å². The number of hydrogen-bond acceptors (Lipinski definition) is 7. The van der Waals surface area contributed by atoms with Gasteiger partial charge in [-0.2, -0.15) is 8.42 Å². The Morgan fingerprint density at radius 2 is 1.62 bits per heavy atom. The predicted molar refractivity (Wildman–Crippen MR) is 123 cm³/mol. The minimum Gasteiger partial charge on any atom is -0.438 e. The number of nitrogens with one attached hydrogen (secondary N) is 1. The molecule has 0 radical (unpaired) electrons. The molecule has 1 N–H and O–H groups in total. The number of sulfonamides is 1. The molecule has 0 aliphatic rings. The Kier molecular flexibility index (Phi) is 6.50. The second-order valence-corrected chi connectivity index (χ2v) is 9.43. The zero-order valence-electron chi connectivity index (χ0n) is 18.9. The van der Waals surface area contributed by atoms with Crippen molar-refractivity contribution in [3.63, 3.8) is 0 Å². The summed E-state index contributed by atoms with van der Waals surface area (Å²) < 4.78 is 33.7. The highest BCUT2D eigenvalue weighted by atomic mass is 32.2. The molecule has 0 bridgehead atoms. The van der Waals surface area contributed by atoms with Crippen LogP contribution < -0.4 is 14.4 Å². The Morgan fingerprint density at radius 1 is 0.969 bits per heavy atom. The van der Waals surface area contributed by atoms with Gasteiger partial charge in [-0.25, -0.2) is 14.7 Å². The van der Waals surface area contributed by atoms with Gasteiger partial charge in [0.25, 0.3) is 15.9 Å². The summed E-state index contributed by atoms with van der Waals surface area (Å²) in [6.45, 7) is 7.55. The Hall–Kier alpha value is -3.46. The van der Waals surface area contributed by atoms with Crippen molar-refractivity contribution in [3.8, 4) is 11.6 Å². The third kappa shape index (κ3) is 5.05. The summed E-state index contributed by atoms with van der Waals surface area (Å²) in [6, 6.07) is 11.6. The van der Waals surface area contributed by atoms with Gasteiger partial charge in [-0.3, -0.25) is 4.79 Å². The predicted octanol–water partition coefficient (Wildman–Crippen LogP) is 3.69. The van der Waals surface area contributed by atoms with Gasteiger partial charge in [0.05, 0.1) is 0 Å². The van der Waals surface area contributed by atoms with Crippen LogP contribution in [0.15, 0.2) is 47.5 Å². The van der Waals surface area contributed by atoms with Crippen LogP contribution in [0.3, 0.4) is 0 Å². The number of ether oxygens (including phenoxy) is 1. The first kappa shape index (κ1) is 23.2. The van der Waals surface area contributed by atoms with Gasteiger partial charge in [0.1, 0.15) is 17.1 Å². The molecule has 0 spiro atoms. The minimum atomic E-state index is -4.21. The Bertz CT molecular complexity index is 1260. The molecule has 0 unspecified atom stereocenters. The molecule has 0 aliphatic heterocycles. The lowest BCUT2D eigenvalue weighted by Gasteiger charge is -2.16. The summed E-state index contributed by atoms with van der Waals surface area (Å²) in [7, 11) is -0.718. The van der Waals surface area contributed by atoms with Gasteiger partial charge in [-0.1, -0.05) is 23.8 Å². The average Bonchev–Trinajstić information content (AvgIpc) is 2.70. The van der Waals surface area contributed by atoms with Crippen LogP contribution in [0.5, 0.6) is 11.6 Å². The molecular formula is C23H26N4O4S. The van der Waals surface area contributed by atoms with E-state index in [9.17, 15) is 13.2 Å². The summed E-state index contributed by atoms with van der Waals surface area (Å²) in [6.07, 6.45) is 0. The van der Waals surface area contributed by atoms with Crippen molar-refractivity contribution in [2.45, 2.75) is 32.7 Å². The zero-order chi connectivity index (χ0) is 23.6. The van der Waals surface area contributed by atoms with Crippen LogP contribution >= 0.6 is 0 Å². The van der Waals surface area contributed by atoms with Crippen molar-refractivity contribution in [2.75, 3.05) is 19.0 Å². The van der Waals surface area contributed by atoms with Crippen molar-refractivity contribution in [1.82, 2.24) is 14.7 Å². The van der Waals surface area contributed by atoms with E-state index in [-0.39, 0.29) is 16.5 Å². The normalized spacial score (nSPS) is 11.2. The number of rotatable bonds is 6. The number of aromatic nitrogens is 2. The second kappa shape index (κ2) is 8.96. The highest BCUT2D eigenvalue weighted by Gasteiger charge is 2.24. The summed E-state index contributed by atoms with van der Waals surface area (Å²) in [5.41, 5.74) is 3.48. The van der Waals surface area contributed by atoms with Gasteiger partial charge in [-0.05, 0) is 63.1 Å². The molecule has 0 atom stereocenters. The molecule has 1 amide bonds. The van der Waals surface area contributed by atoms with Crippen molar-refractivity contribution < 1.29 is 17.9 Å². The number of hydrogen-bond donors (Lipinski definition) is 1. The van der Waals surface area contributed by atoms with Crippen molar-refractivity contribution >= 4 is 21.7 Å². The van der Waals surface area contributed by atoms with Crippen LogP contribution in [0.25, 0.3) is 0 Å². The Labute approximate surface area is 188 Å². The number of carbonyl (C=O) groups excluding carboxylic acids is 1. The average molecular weight is 455 g/mol. The maximum Gasteiger partial charge on any atom is 0.281 e. The van der Waals surface area contributed by atoms with E-state index >= 15 is 0 Å². The van der Waals surface area contributed by atoms with Crippen LogP contribution in [0.1, 0.15) is 32.7 Å². The monoisotopic (exact) mass is 454 g/mol. The highest BCUT2D eigenvalue weighted by Crippen LogP contribution is 2.31. The number of anilines is 1. The highest BCUT2D eigenvalue weighted by molar-refractivity contribution is 7.90. The molecule has 9 heteroatoms. The van der Waals surface area contributed by atoms with E-state index in [1.807, 2.05) is 32.9 Å². The maximum absolute atomic E-state index is 13.0. The standard InChI is InChI=1S/C23H26N4O4S/c1-14-12-15(2)21(16(3)13-14)31-23-18(11-10-17(4)24-23)22(28)26-32(29,30)20-9-7-8-19(25-20)27(5)6/h7-13H,1-6H3,(H,26,28). The number of benzene rings is 1. The fraction of sp³-hybridized carbons (Fsp3) is 0.261. The first-order chi connectivity index (χ1) is 15.0. The molecule has 1 aromatic carbocycles. The number of carbonyl (C=O) groups is 1. The number of aryl methyl sites for hydroxylation is 4. The van der Waals surface area contributed by atoms with E-state index in [1.165, 1.54) is 12.1 Å². The van der Waals surface area contributed by atoms with E-state index in [1.54, 1.807) is 44.1 Å². The molecule has 3 aromatic rings. The fourth-order valence-corrected chi connectivity index (χ4v) is 4.17. The molecule has 0 saturated carbocycles. The molecule has 0 aliphatic carbocycles. The van der Waals surface area contributed by atoms with Crippen LogP contribution in [-0.4, -0.2) is 38.4 Å². The smallest absolute Gasteiger partial charge is 0.281 e. The van der Waals surface area contributed by atoms with Crippen LogP contribution in [0, 0.1) is 27.7 Å². The maximum atomic E-state index is 13.0. The minimum absolute atomic E-state index is 0.00214. The molecule has 3 rings (SSSR count). The first-order valence-electron chi connectivity index (χ1n) is 9.93. The second-order valence-electron chi connectivity index (χ2n) is 7.80. The number of nitrogens with zero attached hydrogens (tertiary/aromatic N) is 3. The quantitative estimate of drug-likeness (QED) is 0.606. The van der Waals surface area contributed by atoms with Gasteiger partial charge in [0, 0.05) is 19.8 Å². The summed E-state index contributed by atoms with van der Waals surface area (Å²) >= 11 is 0. The Morgan fingerprint density at radius 3 is 2.25 bits per heavy atom. The van der Waals surface area contributed by atoms with Gasteiger partial charge in [0.2, 0.25) is 5.88 Å². The van der Waals surface area contributed by atoms with E-state index in [2.05, 4.69) is 14.7 Å². The Balaban J connectivity index is 1.95. The van der Waals surface area contributed by atoms with E-state index in [4.69, 9.17) is 4.74 Å². The molecule has 2 heterocycles. The first-order valence-corrected chi connectivity index (χ1v) is 11.4. The van der Waals surface area contributed by atoms with Gasteiger partial charge in [0.15, 0.2) is 5.03 Å². The van der Waals surface area contributed by atoms with Gasteiger partial charge in [-0.15, -0.1) is 0 Å². The topological polar surface area (TPSA) is 101 Å². The van der Waals surface area contributed by atoms with Crippen LogP contribution in [0.4, 0.5) is 5.82 Å². The SMILES string of the molecule is Cc1cc(C)c(Oc2nc(C)ccc2C(=O)NS(=O)(=O)c2cccc(N(C)C)n2)c(C)c1. The molecule has 2 aromatic heterocycles. The van der Waals surface area contributed by atoms with Crippen molar-refractivity contribution in [1.29, 1.82) is 0 Å². The molecule has 8 nitrogen and oxygen atoms in total. The molecule has 168 valence electrons. The van der Waals surface area contributed by atoms with E-state index < -0.39 is 15.9 Å². The zero-order valence-corrected chi connectivity index (χ0v) is 19.7. The third-order valence-electron chi connectivity index (χ3n) is 4.72. The lowest BCUT2D eigenvalue weighted by atomic mass is 10.1. The van der Waals surface area contributed by atoms with E-state index in [0.29, 0.717) is 17.3 Å². The lowest BCUT2D eigenvalue weighted by molar-refractivity contribution is 0.0978. The lowest BCUT2D eigenvalue weighted by Crippen LogP contribution is -2.32. The van der Waals surface area contributed by atoms with E-state index in [0.717, 1.165) is 16.7 Å². The third-order valence-corrected chi connectivity index (χ3v) is 5.95.